The quantitative estimate of drug-likeness (QED) is 0.855. The van der Waals surface area contributed by atoms with E-state index in [4.69, 9.17) is 23.2 Å². The fourth-order valence-corrected chi connectivity index (χ4v) is 2.21. The Labute approximate surface area is 132 Å². The highest BCUT2D eigenvalue weighted by Crippen LogP contribution is 2.21. The molecule has 0 radical (unpaired) electrons. The number of methoxy groups -OCH3 is 1. The summed E-state index contributed by atoms with van der Waals surface area (Å²) in [5.41, 5.74) is 1.14. The molecule has 2 aromatic rings. The van der Waals surface area contributed by atoms with Crippen LogP contribution in [0.15, 0.2) is 30.6 Å². The van der Waals surface area contributed by atoms with E-state index in [2.05, 4.69) is 20.0 Å². The zero-order valence-electron chi connectivity index (χ0n) is 11.3. The maximum atomic E-state index is 11.4. The third-order valence-electron chi connectivity index (χ3n) is 2.74. The highest BCUT2D eigenvalue weighted by Gasteiger charge is 2.08. The Morgan fingerprint density at radius 1 is 1.33 bits per heavy atom. The Hall–Kier alpha value is -1.85. The second-order valence-corrected chi connectivity index (χ2v) is 5.04. The number of esters is 1. The minimum atomic E-state index is -0.521. The van der Waals surface area contributed by atoms with Gasteiger partial charge in [0.05, 0.1) is 19.5 Å². The van der Waals surface area contributed by atoms with Gasteiger partial charge in [-0.1, -0.05) is 29.3 Å². The van der Waals surface area contributed by atoms with Crippen LogP contribution in [0.5, 0.6) is 0 Å². The summed E-state index contributed by atoms with van der Waals surface area (Å²) in [7, 11) is 1.30. The van der Waals surface area contributed by atoms with Gasteiger partial charge < -0.3 is 10.1 Å². The molecule has 1 aromatic heterocycles. The molecule has 1 N–H and O–H groups in total. The lowest BCUT2D eigenvalue weighted by atomic mass is 10.1. The van der Waals surface area contributed by atoms with Crippen molar-refractivity contribution in [2.24, 2.45) is 0 Å². The number of nitrogens with one attached hydrogen (secondary N) is 1. The molecule has 1 aromatic carbocycles. The van der Waals surface area contributed by atoms with Crippen LogP contribution in [0, 0.1) is 0 Å². The third-order valence-corrected chi connectivity index (χ3v) is 3.33. The van der Waals surface area contributed by atoms with Gasteiger partial charge in [0.15, 0.2) is 5.69 Å². The SMILES string of the molecule is COC(=O)c1cncc(NCCc2ccc(Cl)cc2Cl)n1. The summed E-state index contributed by atoms with van der Waals surface area (Å²) in [6.45, 7) is 0.598. The number of benzene rings is 1. The van der Waals surface area contributed by atoms with Crippen molar-refractivity contribution in [2.75, 3.05) is 19.0 Å². The van der Waals surface area contributed by atoms with Crippen molar-refractivity contribution in [2.45, 2.75) is 6.42 Å². The number of hydrogen-bond donors (Lipinski definition) is 1. The number of ether oxygens (including phenoxy) is 1. The van der Waals surface area contributed by atoms with Gasteiger partial charge in [0.25, 0.3) is 0 Å². The van der Waals surface area contributed by atoms with Gasteiger partial charge in [0, 0.05) is 16.6 Å². The predicted octanol–water partition coefficient (Wildman–Crippen LogP) is 3.22. The van der Waals surface area contributed by atoms with E-state index >= 15 is 0 Å². The zero-order chi connectivity index (χ0) is 15.2. The largest absolute Gasteiger partial charge is 0.464 e. The van der Waals surface area contributed by atoms with Crippen LogP contribution >= 0.6 is 23.2 Å². The Morgan fingerprint density at radius 2 is 2.14 bits per heavy atom. The van der Waals surface area contributed by atoms with E-state index in [1.165, 1.54) is 19.5 Å². The first-order valence-corrected chi connectivity index (χ1v) is 6.94. The number of aromatic nitrogens is 2. The molecule has 0 aliphatic rings. The summed E-state index contributed by atoms with van der Waals surface area (Å²) in [4.78, 5) is 19.4. The third kappa shape index (κ3) is 4.31. The molecule has 110 valence electrons. The van der Waals surface area contributed by atoms with Gasteiger partial charge in [-0.3, -0.25) is 4.98 Å². The summed E-state index contributed by atoms with van der Waals surface area (Å²) < 4.78 is 4.59. The van der Waals surface area contributed by atoms with Crippen LogP contribution in [0.4, 0.5) is 5.82 Å². The fraction of sp³-hybridized carbons (Fsp3) is 0.214. The van der Waals surface area contributed by atoms with Crippen molar-refractivity contribution < 1.29 is 9.53 Å². The van der Waals surface area contributed by atoms with Gasteiger partial charge in [-0.15, -0.1) is 0 Å². The van der Waals surface area contributed by atoms with E-state index in [0.717, 1.165) is 5.56 Å². The van der Waals surface area contributed by atoms with Crippen LogP contribution in [-0.4, -0.2) is 29.6 Å². The first-order valence-electron chi connectivity index (χ1n) is 6.18. The maximum Gasteiger partial charge on any atom is 0.358 e. The second kappa shape index (κ2) is 7.24. The molecule has 0 atom stereocenters. The van der Waals surface area contributed by atoms with Gasteiger partial charge in [-0.25, -0.2) is 9.78 Å². The van der Waals surface area contributed by atoms with Crippen molar-refractivity contribution in [1.82, 2.24) is 9.97 Å². The molecular formula is C14H13Cl2N3O2. The van der Waals surface area contributed by atoms with E-state index < -0.39 is 5.97 Å². The number of rotatable bonds is 5. The number of anilines is 1. The number of nitrogens with zero attached hydrogens (tertiary/aromatic N) is 2. The summed E-state index contributed by atoms with van der Waals surface area (Å²) >= 11 is 11.9. The molecule has 2 rings (SSSR count). The molecule has 21 heavy (non-hydrogen) atoms. The van der Waals surface area contributed by atoms with E-state index in [1.807, 2.05) is 6.07 Å². The number of carbonyl (C=O) groups excluding carboxylic acids is 1. The summed E-state index contributed by atoms with van der Waals surface area (Å²) in [5.74, 6) is -0.0186. The number of carbonyl (C=O) groups is 1. The van der Waals surface area contributed by atoms with Crippen LogP contribution < -0.4 is 5.32 Å². The van der Waals surface area contributed by atoms with Crippen LogP contribution in [0.1, 0.15) is 16.1 Å². The minimum Gasteiger partial charge on any atom is -0.464 e. The van der Waals surface area contributed by atoms with Gasteiger partial charge in [0.1, 0.15) is 5.82 Å². The lowest BCUT2D eigenvalue weighted by Crippen LogP contribution is -2.10. The Kier molecular flexibility index (Phi) is 5.36. The van der Waals surface area contributed by atoms with Crippen LogP contribution in [0.2, 0.25) is 10.0 Å². The average Bonchev–Trinajstić information content (AvgIpc) is 2.49. The molecule has 0 unspecified atom stereocenters. The molecule has 0 saturated carbocycles. The monoisotopic (exact) mass is 325 g/mol. The van der Waals surface area contributed by atoms with Gasteiger partial charge in [-0.2, -0.15) is 0 Å². The van der Waals surface area contributed by atoms with E-state index in [9.17, 15) is 4.79 Å². The Morgan fingerprint density at radius 3 is 2.86 bits per heavy atom. The molecule has 7 heteroatoms. The molecule has 0 bridgehead atoms. The van der Waals surface area contributed by atoms with Crippen LogP contribution in [-0.2, 0) is 11.2 Å². The number of hydrogen-bond acceptors (Lipinski definition) is 5. The van der Waals surface area contributed by atoms with Crippen molar-refractivity contribution in [3.8, 4) is 0 Å². The molecule has 5 nitrogen and oxygen atoms in total. The summed E-state index contributed by atoms with van der Waals surface area (Å²) in [6.07, 6.45) is 3.59. The van der Waals surface area contributed by atoms with E-state index in [1.54, 1.807) is 12.1 Å². The lowest BCUT2D eigenvalue weighted by Gasteiger charge is -2.08. The van der Waals surface area contributed by atoms with Crippen LogP contribution in [0.3, 0.4) is 0 Å². The highest BCUT2D eigenvalue weighted by molar-refractivity contribution is 6.35. The second-order valence-electron chi connectivity index (χ2n) is 4.19. The molecule has 0 saturated heterocycles. The lowest BCUT2D eigenvalue weighted by molar-refractivity contribution is 0.0593. The first-order chi connectivity index (χ1) is 10.1. The fourth-order valence-electron chi connectivity index (χ4n) is 1.70. The molecule has 0 amide bonds. The molecule has 0 aliphatic carbocycles. The minimum absolute atomic E-state index is 0.159. The average molecular weight is 326 g/mol. The Balaban J connectivity index is 1.95. The van der Waals surface area contributed by atoms with Gasteiger partial charge in [0.2, 0.25) is 0 Å². The molecule has 1 heterocycles. The molecular weight excluding hydrogens is 313 g/mol. The Bertz CT molecular complexity index is 650. The topological polar surface area (TPSA) is 64.1 Å². The van der Waals surface area contributed by atoms with E-state index in [-0.39, 0.29) is 5.69 Å². The maximum absolute atomic E-state index is 11.4. The normalized spacial score (nSPS) is 10.2. The summed E-state index contributed by atoms with van der Waals surface area (Å²) in [5, 5.41) is 4.31. The van der Waals surface area contributed by atoms with Crippen molar-refractivity contribution in [3.63, 3.8) is 0 Å². The first kappa shape index (κ1) is 15.5. The zero-order valence-corrected chi connectivity index (χ0v) is 12.8. The smallest absolute Gasteiger partial charge is 0.358 e. The highest BCUT2D eigenvalue weighted by atomic mass is 35.5. The molecule has 0 aliphatic heterocycles. The van der Waals surface area contributed by atoms with E-state index in [0.29, 0.717) is 28.8 Å². The standard InChI is InChI=1S/C14H13Cl2N3O2/c1-21-14(20)12-7-17-8-13(19-12)18-5-4-9-2-3-10(15)6-11(9)16/h2-3,6-8H,4-5H2,1H3,(H,18,19). The van der Waals surface area contributed by atoms with Gasteiger partial charge in [-0.05, 0) is 24.1 Å². The van der Waals surface area contributed by atoms with Crippen molar-refractivity contribution >= 4 is 35.0 Å². The number of halogens is 2. The van der Waals surface area contributed by atoms with Crippen molar-refractivity contribution in [1.29, 1.82) is 0 Å². The van der Waals surface area contributed by atoms with Gasteiger partial charge >= 0.3 is 5.97 Å². The summed E-state index contributed by atoms with van der Waals surface area (Å²) in [6, 6.07) is 5.37. The molecule has 0 spiro atoms. The predicted molar refractivity (Wildman–Crippen MR) is 82.0 cm³/mol. The molecule has 0 fully saturated rings. The van der Waals surface area contributed by atoms with Crippen LogP contribution in [0.25, 0.3) is 0 Å². The van der Waals surface area contributed by atoms with Crippen molar-refractivity contribution in [3.05, 3.63) is 51.9 Å².